The van der Waals surface area contributed by atoms with Gasteiger partial charge in [0.2, 0.25) is 15.9 Å². The molecule has 4 rings (SSSR count). The number of benzene rings is 2. The zero-order valence-corrected chi connectivity index (χ0v) is 18.7. The van der Waals surface area contributed by atoms with Crippen LogP contribution in [0.4, 0.5) is 17.2 Å². The van der Waals surface area contributed by atoms with Crippen LogP contribution < -0.4 is 14.9 Å². The summed E-state index contributed by atoms with van der Waals surface area (Å²) >= 11 is 0. The number of nitrogens with one attached hydrogen (secondary N) is 3. The number of sulfonamides is 1. The molecule has 0 spiro atoms. The van der Waals surface area contributed by atoms with Crippen molar-refractivity contribution in [3.8, 4) is 0 Å². The van der Waals surface area contributed by atoms with Gasteiger partial charge in [0.25, 0.3) is 0 Å². The largest absolute Gasteiger partial charge is 0.366 e. The number of fused-ring (bicyclic) bond motifs is 1. The van der Waals surface area contributed by atoms with Crippen LogP contribution in [0.5, 0.6) is 0 Å². The Kier molecular flexibility index (Phi) is 5.62. The Morgan fingerprint density at radius 3 is 2.45 bits per heavy atom. The molecule has 2 heterocycles. The van der Waals surface area contributed by atoms with Gasteiger partial charge < -0.3 is 10.2 Å². The topological polar surface area (TPSA) is 107 Å². The van der Waals surface area contributed by atoms with Gasteiger partial charge in [-0.3, -0.25) is 14.6 Å². The van der Waals surface area contributed by atoms with Crippen molar-refractivity contribution >= 4 is 44.0 Å². The second-order valence-electron chi connectivity index (χ2n) is 8.28. The molecule has 1 amide bonds. The predicted octanol–water partition coefficient (Wildman–Crippen LogP) is 3.49. The lowest BCUT2D eigenvalue weighted by atomic mass is 10.1. The Balaban J connectivity index is 1.45. The summed E-state index contributed by atoms with van der Waals surface area (Å²) in [7, 11) is -3.39. The Hall–Kier alpha value is -3.07. The SMILES string of the molecule is CC1CCC(C)N1c1ccc(CC(=O)Nc2n[nH]c3ccc(NS(C)(=O)=O)cc23)cc1. The molecule has 0 aliphatic carbocycles. The smallest absolute Gasteiger partial charge is 0.230 e. The van der Waals surface area contributed by atoms with Crippen LogP contribution in [0.3, 0.4) is 0 Å². The maximum Gasteiger partial charge on any atom is 0.230 e. The average Bonchev–Trinajstić information content (AvgIpc) is 3.24. The van der Waals surface area contributed by atoms with E-state index in [2.05, 4.69) is 51.1 Å². The van der Waals surface area contributed by atoms with Crippen molar-refractivity contribution in [3.05, 3.63) is 48.0 Å². The minimum Gasteiger partial charge on any atom is -0.366 e. The number of carbonyl (C=O) groups is 1. The first-order chi connectivity index (χ1) is 14.7. The molecule has 1 saturated heterocycles. The Labute approximate surface area is 182 Å². The maximum atomic E-state index is 12.6. The summed E-state index contributed by atoms with van der Waals surface area (Å²) in [6, 6.07) is 14.2. The molecule has 0 radical (unpaired) electrons. The van der Waals surface area contributed by atoms with E-state index in [1.165, 1.54) is 18.5 Å². The molecule has 8 nitrogen and oxygen atoms in total. The van der Waals surface area contributed by atoms with E-state index < -0.39 is 10.0 Å². The fourth-order valence-electron chi connectivity index (χ4n) is 4.24. The van der Waals surface area contributed by atoms with Crippen LogP contribution in [-0.2, 0) is 21.2 Å². The number of aromatic amines is 1. The van der Waals surface area contributed by atoms with Crippen LogP contribution in [0.1, 0.15) is 32.3 Å². The van der Waals surface area contributed by atoms with Crippen molar-refractivity contribution in [3.63, 3.8) is 0 Å². The van der Waals surface area contributed by atoms with Crippen molar-refractivity contribution in [2.75, 3.05) is 21.2 Å². The number of hydrogen-bond donors (Lipinski definition) is 3. The van der Waals surface area contributed by atoms with Gasteiger partial charge in [0.1, 0.15) is 0 Å². The molecule has 3 aromatic rings. The number of hydrogen-bond acceptors (Lipinski definition) is 5. The fourth-order valence-corrected chi connectivity index (χ4v) is 4.79. The first-order valence-electron chi connectivity index (χ1n) is 10.3. The van der Waals surface area contributed by atoms with Crippen molar-refractivity contribution in [2.24, 2.45) is 0 Å². The van der Waals surface area contributed by atoms with Crippen LogP contribution >= 0.6 is 0 Å². The lowest BCUT2D eigenvalue weighted by molar-refractivity contribution is -0.115. The van der Waals surface area contributed by atoms with Gasteiger partial charge in [0.05, 0.1) is 18.2 Å². The molecule has 2 atom stereocenters. The third-order valence-electron chi connectivity index (χ3n) is 5.68. The first-order valence-corrected chi connectivity index (χ1v) is 12.2. The van der Waals surface area contributed by atoms with Gasteiger partial charge in [-0.15, -0.1) is 0 Å². The van der Waals surface area contributed by atoms with Crippen LogP contribution in [0.15, 0.2) is 42.5 Å². The Morgan fingerprint density at radius 2 is 1.81 bits per heavy atom. The molecule has 2 unspecified atom stereocenters. The van der Waals surface area contributed by atoms with Gasteiger partial charge in [-0.05, 0) is 62.6 Å². The first kappa shape index (κ1) is 21.2. The van der Waals surface area contributed by atoms with Crippen molar-refractivity contribution < 1.29 is 13.2 Å². The highest BCUT2D eigenvalue weighted by molar-refractivity contribution is 7.92. The van der Waals surface area contributed by atoms with Gasteiger partial charge in [-0.25, -0.2) is 8.42 Å². The highest BCUT2D eigenvalue weighted by atomic mass is 32.2. The van der Waals surface area contributed by atoms with Gasteiger partial charge in [0, 0.05) is 28.8 Å². The summed E-state index contributed by atoms with van der Waals surface area (Å²) in [4.78, 5) is 15.0. The van der Waals surface area contributed by atoms with Crippen LogP contribution in [0.2, 0.25) is 0 Å². The second-order valence-corrected chi connectivity index (χ2v) is 10.0. The summed E-state index contributed by atoms with van der Waals surface area (Å²) in [6.07, 6.45) is 3.71. The van der Waals surface area contributed by atoms with Gasteiger partial charge in [-0.1, -0.05) is 12.1 Å². The van der Waals surface area contributed by atoms with E-state index in [0.717, 1.165) is 11.8 Å². The van der Waals surface area contributed by atoms with E-state index in [-0.39, 0.29) is 12.3 Å². The number of carbonyl (C=O) groups excluding carboxylic acids is 1. The molecule has 164 valence electrons. The maximum absolute atomic E-state index is 12.6. The van der Waals surface area contributed by atoms with Gasteiger partial charge >= 0.3 is 0 Å². The molecular formula is C22H27N5O3S. The Bertz CT molecular complexity index is 1190. The predicted molar refractivity (Wildman–Crippen MR) is 124 cm³/mol. The van der Waals surface area contributed by atoms with E-state index in [0.29, 0.717) is 34.5 Å². The van der Waals surface area contributed by atoms with E-state index >= 15 is 0 Å². The highest BCUT2D eigenvalue weighted by Crippen LogP contribution is 2.30. The van der Waals surface area contributed by atoms with Gasteiger partial charge in [-0.2, -0.15) is 5.10 Å². The quantitative estimate of drug-likeness (QED) is 0.543. The van der Waals surface area contributed by atoms with Crippen molar-refractivity contribution in [2.45, 2.75) is 45.2 Å². The van der Waals surface area contributed by atoms with E-state index in [1.807, 2.05) is 12.1 Å². The molecular weight excluding hydrogens is 414 g/mol. The molecule has 1 aliphatic rings. The minimum absolute atomic E-state index is 0.189. The summed E-state index contributed by atoms with van der Waals surface area (Å²) in [5.74, 6) is 0.180. The molecule has 1 aliphatic heterocycles. The van der Waals surface area contributed by atoms with Crippen LogP contribution in [0, 0.1) is 0 Å². The lowest BCUT2D eigenvalue weighted by Gasteiger charge is -2.28. The Morgan fingerprint density at radius 1 is 1.13 bits per heavy atom. The molecule has 1 fully saturated rings. The molecule has 3 N–H and O–H groups in total. The minimum atomic E-state index is -3.39. The summed E-state index contributed by atoms with van der Waals surface area (Å²) in [6.45, 7) is 4.49. The summed E-state index contributed by atoms with van der Waals surface area (Å²) < 4.78 is 25.4. The number of nitrogens with zero attached hydrogens (tertiary/aromatic N) is 2. The third kappa shape index (κ3) is 4.82. The average molecular weight is 442 g/mol. The summed E-state index contributed by atoms with van der Waals surface area (Å²) in [5.41, 5.74) is 3.21. The third-order valence-corrected chi connectivity index (χ3v) is 6.28. The van der Waals surface area contributed by atoms with Crippen LogP contribution in [0.25, 0.3) is 10.9 Å². The molecule has 0 saturated carbocycles. The number of anilines is 3. The number of H-pyrrole nitrogens is 1. The summed E-state index contributed by atoms with van der Waals surface area (Å²) in [5, 5.41) is 10.5. The fraction of sp³-hybridized carbons (Fsp3) is 0.364. The second kappa shape index (κ2) is 8.22. The molecule has 31 heavy (non-hydrogen) atoms. The number of amides is 1. The van der Waals surface area contributed by atoms with E-state index in [4.69, 9.17) is 0 Å². The molecule has 1 aromatic heterocycles. The molecule has 0 bridgehead atoms. The standard InChI is InChI=1S/C22H27N5O3S/c1-14-4-5-15(2)27(14)18-9-6-16(7-10-18)12-21(28)23-22-19-13-17(26-31(3,29)30)8-11-20(19)24-25-22/h6-11,13-15,26H,4-5,12H2,1-3H3,(H2,23,24,25,28). The van der Waals surface area contributed by atoms with E-state index in [9.17, 15) is 13.2 Å². The monoisotopic (exact) mass is 441 g/mol. The van der Waals surface area contributed by atoms with Crippen LogP contribution in [-0.4, -0.2) is 42.9 Å². The zero-order valence-electron chi connectivity index (χ0n) is 17.8. The number of aromatic nitrogens is 2. The van der Waals surface area contributed by atoms with Crippen molar-refractivity contribution in [1.29, 1.82) is 0 Å². The zero-order chi connectivity index (χ0) is 22.2. The van der Waals surface area contributed by atoms with Gasteiger partial charge in [0.15, 0.2) is 5.82 Å². The number of rotatable bonds is 6. The van der Waals surface area contributed by atoms with Crippen molar-refractivity contribution in [1.82, 2.24) is 10.2 Å². The highest BCUT2D eigenvalue weighted by Gasteiger charge is 2.27. The normalized spacial score (nSPS) is 19.0. The van der Waals surface area contributed by atoms with E-state index in [1.54, 1.807) is 18.2 Å². The molecule has 9 heteroatoms. The lowest BCUT2D eigenvalue weighted by Crippen LogP contribution is -2.32. The molecule has 2 aromatic carbocycles.